The number of hydrogen-bond acceptors (Lipinski definition) is 6. The summed E-state index contributed by atoms with van der Waals surface area (Å²) in [7, 11) is 0. The Bertz CT molecular complexity index is 731. The zero-order chi connectivity index (χ0) is 15.5. The van der Waals surface area contributed by atoms with Crippen LogP contribution in [-0.2, 0) is 12.3 Å². The Kier molecular flexibility index (Phi) is 4.33. The average molecular weight is 318 g/mol. The lowest BCUT2D eigenvalue weighted by Gasteiger charge is -2.10. The zero-order valence-corrected chi connectivity index (χ0v) is 13.6. The number of furan rings is 1. The Balaban J connectivity index is 1.83. The summed E-state index contributed by atoms with van der Waals surface area (Å²) in [6.07, 6.45) is 1.65. The molecule has 0 aliphatic carbocycles. The minimum Gasteiger partial charge on any atom is -0.461 e. The minimum atomic E-state index is 0.483. The fourth-order valence-corrected chi connectivity index (χ4v) is 2.96. The highest BCUT2D eigenvalue weighted by Crippen LogP contribution is 2.27. The molecule has 3 aromatic heterocycles. The van der Waals surface area contributed by atoms with E-state index < -0.39 is 0 Å². The molecular weight excluding hydrogens is 300 g/mol. The van der Waals surface area contributed by atoms with Crippen LogP contribution in [0.1, 0.15) is 25.3 Å². The maximum atomic E-state index is 5.46. The van der Waals surface area contributed by atoms with E-state index in [-0.39, 0.29) is 0 Å². The predicted molar refractivity (Wildman–Crippen MR) is 83.4 cm³/mol. The van der Waals surface area contributed by atoms with Crippen molar-refractivity contribution in [3.8, 4) is 11.6 Å². The molecule has 3 aromatic rings. The van der Waals surface area contributed by atoms with Gasteiger partial charge in [-0.15, -0.1) is 10.2 Å². The zero-order valence-electron chi connectivity index (χ0n) is 12.8. The molecule has 0 aliphatic heterocycles. The molecule has 0 saturated carbocycles. The van der Waals surface area contributed by atoms with Crippen LogP contribution in [0.4, 0.5) is 0 Å². The summed E-state index contributed by atoms with van der Waals surface area (Å²) < 4.78 is 12.8. The number of nitrogens with zero attached hydrogens (tertiary/aromatic N) is 4. The molecule has 0 unspecified atom stereocenters. The summed E-state index contributed by atoms with van der Waals surface area (Å²) in [4.78, 5) is 0. The van der Waals surface area contributed by atoms with Crippen LogP contribution in [-0.4, -0.2) is 19.9 Å². The molecule has 0 N–H and O–H groups in total. The van der Waals surface area contributed by atoms with E-state index in [0.29, 0.717) is 11.7 Å². The lowest BCUT2D eigenvalue weighted by atomic mass is 10.2. The van der Waals surface area contributed by atoms with Crippen LogP contribution in [0, 0.1) is 12.8 Å². The van der Waals surface area contributed by atoms with Gasteiger partial charge in [0.1, 0.15) is 5.76 Å². The molecular formula is C15H18N4O2S. The minimum absolute atomic E-state index is 0.483. The Hall–Kier alpha value is -2.02. The summed E-state index contributed by atoms with van der Waals surface area (Å²) in [6.45, 7) is 7.08. The second kappa shape index (κ2) is 6.39. The molecule has 0 aliphatic rings. The van der Waals surface area contributed by atoms with E-state index in [2.05, 4.69) is 33.8 Å². The maximum absolute atomic E-state index is 5.46. The van der Waals surface area contributed by atoms with Crippen molar-refractivity contribution in [1.29, 1.82) is 0 Å². The molecule has 6 nitrogen and oxygen atoms in total. The highest BCUT2D eigenvalue weighted by molar-refractivity contribution is 7.98. The first kappa shape index (κ1) is 14.9. The van der Waals surface area contributed by atoms with Gasteiger partial charge < -0.3 is 8.94 Å². The summed E-state index contributed by atoms with van der Waals surface area (Å²) in [5, 5.41) is 13.3. The topological polar surface area (TPSA) is 69.9 Å². The van der Waals surface area contributed by atoms with Gasteiger partial charge in [-0.25, -0.2) is 0 Å². The molecule has 0 atom stereocenters. The van der Waals surface area contributed by atoms with Gasteiger partial charge in [0.15, 0.2) is 16.7 Å². The molecule has 0 fully saturated rings. The van der Waals surface area contributed by atoms with Gasteiger partial charge in [-0.3, -0.25) is 4.57 Å². The van der Waals surface area contributed by atoms with Crippen LogP contribution < -0.4 is 0 Å². The van der Waals surface area contributed by atoms with Gasteiger partial charge >= 0.3 is 0 Å². The first-order valence-electron chi connectivity index (χ1n) is 7.15. The maximum Gasteiger partial charge on any atom is 0.200 e. The second-order valence-corrected chi connectivity index (χ2v) is 6.45. The predicted octanol–water partition coefficient (Wildman–Crippen LogP) is 3.78. The molecule has 0 aromatic carbocycles. The highest BCUT2D eigenvalue weighted by Gasteiger charge is 2.17. The van der Waals surface area contributed by atoms with Gasteiger partial charge in [-0.1, -0.05) is 30.8 Å². The summed E-state index contributed by atoms with van der Waals surface area (Å²) in [5.74, 6) is 3.48. The molecule has 22 heavy (non-hydrogen) atoms. The van der Waals surface area contributed by atoms with Crippen molar-refractivity contribution in [2.24, 2.45) is 5.92 Å². The van der Waals surface area contributed by atoms with Gasteiger partial charge in [0.25, 0.3) is 0 Å². The largest absolute Gasteiger partial charge is 0.461 e. The summed E-state index contributed by atoms with van der Waals surface area (Å²) >= 11 is 1.59. The molecule has 0 saturated heterocycles. The number of aryl methyl sites for hydroxylation is 1. The van der Waals surface area contributed by atoms with Gasteiger partial charge in [0.05, 0.1) is 17.7 Å². The van der Waals surface area contributed by atoms with E-state index in [1.165, 1.54) is 0 Å². The lowest BCUT2D eigenvalue weighted by molar-refractivity contribution is 0.390. The Morgan fingerprint density at radius 2 is 2.18 bits per heavy atom. The number of aromatic nitrogens is 4. The fraction of sp³-hybridized carbons (Fsp3) is 0.400. The average Bonchev–Trinajstić information content (AvgIpc) is 3.17. The Morgan fingerprint density at radius 1 is 1.32 bits per heavy atom. The molecule has 0 amide bonds. The van der Waals surface area contributed by atoms with Crippen molar-refractivity contribution in [2.45, 2.75) is 38.2 Å². The Morgan fingerprint density at radius 3 is 2.82 bits per heavy atom. The van der Waals surface area contributed by atoms with Gasteiger partial charge in [0, 0.05) is 12.6 Å². The van der Waals surface area contributed by atoms with Crippen LogP contribution in [0.5, 0.6) is 0 Å². The van der Waals surface area contributed by atoms with Crippen molar-refractivity contribution >= 4 is 11.8 Å². The van der Waals surface area contributed by atoms with Crippen LogP contribution in [0.2, 0.25) is 0 Å². The van der Waals surface area contributed by atoms with E-state index >= 15 is 0 Å². The third kappa shape index (κ3) is 3.24. The van der Waals surface area contributed by atoms with Crippen molar-refractivity contribution in [1.82, 2.24) is 19.9 Å². The molecule has 3 rings (SSSR count). The molecule has 0 bridgehead atoms. The first-order valence-corrected chi connectivity index (χ1v) is 8.14. The molecule has 116 valence electrons. The molecule has 3 heterocycles. The van der Waals surface area contributed by atoms with Crippen LogP contribution >= 0.6 is 11.8 Å². The third-order valence-corrected chi connectivity index (χ3v) is 4.02. The van der Waals surface area contributed by atoms with E-state index in [0.717, 1.165) is 34.7 Å². The van der Waals surface area contributed by atoms with Crippen molar-refractivity contribution < 1.29 is 8.94 Å². The van der Waals surface area contributed by atoms with Gasteiger partial charge in [-0.05, 0) is 25.0 Å². The number of thioether (sulfide) groups is 1. The van der Waals surface area contributed by atoms with E-state index in [1.807, 2.05) is 25.1 Å². The third-order valence-electron chi connectivity index (χ3n) is 3.03. The van der Waals surface area contributed by atoms with Gasteiger partial charge in [-0.2, -0.15) is 0 Å². The van der Waals surface area contributed by atoms with Crippen LogP contribution in [0.3, 0.4) is 0 Å². The van der Waals surface area contributed by atoms with E-state index in [4.69, 9.17) is 8.94 Å². The smallest absolute Gasteiger partial charge is 0.200 e. The second-order valence-electron chi connectivity index (χ2n) is 5.51. The molecule has 0 spiro atoms. The molecule has 7 heteroatoms. The van der Waals surface area contributed by atoms with Crippen molar-refractivity contribution in [3.05, 3.63) is 35.9 Å². The quantitative estimate of drug-likeness (QED) is 0.644. The summed E-state index contributed by atoms with van der Waals surface area (Å²) in [5.41, 5.74) is 0.885. The molecule has 0 radical (unpaired) electrons. The summed E-state index contributed by atoms with van der Waals surface area (Å²) in [6, 6.07) is 5.69. The van der Waals surface area contributed by atoms with Crippen LogP contribution in [0.15, 0.2) is 38.6 Å². The highest BCUT2D eigenvalue weighted by atomic mass is 32.2. The van der Waals surface area contributed by atoms with Crippen LogP contribution in [0.25, 0.3) is 11.6 Å². The monoisotopic (exact) mass is 318 g/mol. The van der Waals surface area contributed by atoms with E-state index in [1.54, 1.807) is 18.0 Å². The number of hydrogen-bond donors (Lipinski definition) is 0. The first-order chi connectivity index (χ1) is 10.6. The van der Waals surface area contributed by atoms with Crippen molar-refractivity contribution in [3.63, 3.8) is 0 Å². The standard InChI is InChI=1S/C15H18N4O2S/c1-10(2)8-19-14(13-5-4-6-20-13)16-17-15(19)22-9-12-7-11(3)18-21-12/h4-7,10H,8-9H2,1-3H3. The van der Waals surface area contributed by atoms with Gasteiger partial charge in [0.2, 0.25) is 0 Å². The van der Waals surface area contributed by atoms with Crippen molar-refractivity contribution in [2.75, 3.05) is 0 Å². The van der Waals surface area contributed by atoms with E-state index in [9.17, 15) is 0 Å². The number of rotatable bonds is 6. The Labute approximate surface area is 132 Å². The lowest BCUT2D eigenvalue weighted by Crippen LogP contribution is -2.07. The normalized spacial score (nSPS) is 11.5. The SMILES string of the molecule is Cc1cc(CSc2nnc(-c3ccco3)n2CC(C)C)on1. The fourth-order valence-electron chi connectivity index (χ4n) is 2.13.